The summed E-state index contributed by atoms with van der Waals surface area (Å²) in [5, 5.41) is 0.576. The van der Waals surface area contributed by atoms with Crippen LogP contribution >= 0.6 is 23.4 Å². The van der Waals surface area contributed by atoms with Crippen molar-refractivity contribution >= 4 is 28.9 Å². The Hall–Kier alpha value is -1.99. The molecule has 0 unspecified atom stereocenters. The Labute approximate surface area is 144 Å². The summed E-state index contributed by atoms with van der Waals surface area (Å²) in [4.78, 5) is 16.4. The summed E-state index contributed by atoms with van der Waals surface area (Å²) in [5.74, 6) is 0. The van der Waals surface area contributed by atoms with Crippen LogP contribution in [0.2, 0.25) is 5.02 Å². The van der Waals surface area contributed by atoms with E-state index in [0.29, 0.717) is 10.7 Å². The van der Waals surface area contributed by atoms with Crippen LogP contribution in [0.25, 0.3) is 16.6 Å². The minimum Gasteiger partial charge on any atom is -0.295 e. The zero-order valence-corrected chi connectivity index (χ0v) is 13.8. The van der Waals surface area contributed by atoms with Crippen LogP contribution < -0.4 is 5.56 Å². The predicted octanol–water partition coefficient (Wildman–Crippen LogP) is 4.76. The molecular weight excluding hydrogens is 361 g/mol. The first-order valence-corrected chi connectivity index (χ1v) is 8.35. The van der Waals surface area contributed by atoms with Crippen molar-refractivity contribution < 1.29 is 13.2 Å². The Morgan fingerprint density at radius 1 is 1.21 bits per heavy atom. The highest BCUT2D eigenvalue weighted by Crippen LogP contribution is 2.34. The van der Waals surface area contributed by atoms with E-state index in [-0.39, 0.29) is 16.1 Å². The van der Waals surface area contributed by atoms with Crippen LogP contribution in [0.3, 0.4) is 0 Å². The normalized spacial score (nSPS) is 11.9. The number of fused-ring (bicyclic) bond motifs is 1. The molecule has 0 bridgehead atoms. The average molecular weight is 371 g/mol. The van der Waals surface area contributed by atoms with Crippen LogP contribution in [0.15, 0.2) is 52.5 Å². The number of hydrogen-bond acceptors (Lipinski definition) is 3. The van der Waals surface area contributed by atoms with Gasteiger partial charge in [-0.15, -0.1) is 0 Å². The van der Waals surface area contributed by atoms with Crippen LogP contribution in [0.5, 0.6) is 0 Å². The SMILES string of the molecule is CSc1nc(=O)c(-c2ccccc2Cl)c2cc(C(F)(F)F)ccn12. The molecule has 8 heteroatoms. The molecule has 0 aliphatic heterocycles. The number of halogens is 4. The number of thioether (sulfide) groups is 1. The largest absolute Gasteiger partial charge is 0.416 e. The monoisotopic (exact) mass is 370 g/mol. The standard InChI is InChI=1S/C16H10ClF3N2OS/c1-24-15-21-14(23)13(10-4-2-3-5-11(10)17)12-8-9(16(18,19)20)6-7-22(12)15/h2-8H,1H3. The van der Waals surface area contributed by atoms with Crippen molar-refractivity contribution in [3.63, 3.8) is 0 Å². The fourth-order valence-electron chi connectivity index (χ4n) is 2.40. The summed E-state index contributed by atoms with van der Waals surface area (Å²) >= 11 is 7.30. The second-order valence-electron chi connectivity index (χ2n) is 4.93. The molecule has 0 saturated heterocycles. The number of alkyl halides is 3. The highest BCUT2D eigenvalue weighted by Gasteiger charge is 2.31. The van der Waals surface area contributed by atoms with E-state index in [0.717, 1.165) is 12.1 Å². The van der Waals surface area contributed by atoms with E-state index < -0.39 is 17.3 Å². The van der Waals surface area contributed by atoms with Crippen LogP contribution in [0.1, 0.15) is 5.56 Å². The van der Waals surface area contributed by atoms with Crippen molar-refractivity contribution in [2.24, 2.45) is 0 Å². The molecule has 1 aromatic carbocycles. The lowest BCUT2D eigenvalue weighted by Gasteiger charge is -2.14. The lowest BCUT2D eigenvalue weighted by molar-refractivity contribution is -0.137. The smallest absolute Gasteiger partial charge is 0.295 e. The summed E-state index contributed by atoms with van der Waals surface area (Å²) < 4.78 is 40.7. The molecule has 0 N–H and O–H groups in total. The van der Waals surface area contributed by atoms with E-state index in [9.17, 15) is 18.0 Å². The minimum absolute atomic E-state index is 0.0458. The first kappa shape index (κ1) is 16.9. The van der Waals surface area contributed by atoms with Gasteiger partial charge in [-0.25, -0.2) is 0 Å². The maximum atomic E-state index is 13.1. The lowest BCUT2D eigenvalue weighted by atomic mass is 10.1. The maximum Gasteiger partial charge on any atom is 0.416 e. The summed E-state index contributed by atoms with van der Waals surface area (Å²) in [5.41, 5.74) is -0.951. The van der Waals surface area contributed by atoms with E-state index >= 15 is 0 Å². The first-order chi connectivity index (χ1) is 11.3. The van der Waals surface area contributed by atoms with Crippen LogP contribution in [0, 0.1) is 0 Å². The molecule has 3 nitrogen and oxygen atoms in total. The van der Waals surface area contributed by atoms with Gasteiger partial charge in [-0.2, -0.15) is 18.2 Å². The third-order valence-corrected chi connectivity index (χ3v) is 4.46. The number of pyridine rings is 1. The molecule has 2 aromatic heterocycles. The van der Waals surface area contributed by atoms with Crippen molar-refractivity contribution in [1.82, 2.24) is 9.38 Å². The van der Waals surface area contributed by atoms with Gasteiger partial charge in [0, 0.05) is 16.8 Å². The second kappa shape index (κ2) is 6.14. The van der Waals surface area contributed by atoms with E-state index in [1.807, 2.05) is 0 Å². The van der Waals surface area contributed by atoms with E-state index in [1.165, 1.54) is 22.4 Å². The number of benzene rings is 1. The number of rotatable bonds is 2. The Morgan fingerprint density at radius 2 is 1.92 bits per heavy atom. The molecule has 124 valence electrons. The third-order valence-electron chi connectivity index (χ3n) is 3.48. The Morgan fingerprint density at radius 3 is 2.54 bits per heavy atom. The third kappa shape index (κ3) is 2.89. The molecule has 0 aliphatic rings. The van der Waals surface area contributed by atoms with Gasteiger partial charge in [0.15, 0.2) is 5.16 Å². The zero-order chi connectivity index (χ0) is 17.5. The van der Waals surface area contributed by atoms with E-state index in [4.69, 9.17) is 11.6 Å². The van der Waals surface area contributed by atoms with Crippen molar-refractivity contribution in [3.8, 4) is 11.1 Å². The van der Waals surface area contributed by atoms with Gasteiger partial charge in [0.1, 0.15) is 0 Å². The Kier molecular flexibility index (Phi) is 4.31. The molecule has 0 fully saturated rings. The topological polar surface area (TPSA) is 34.4 Å². The number of nitrogens with zero attached hydrogens (tertiary/aromatic N) is 2. The van der Waals surface area contributed by atoms with Crippen LogP contribution in [0.4, 0.5) is 13.2 Å². The lowest BCUT2D eigenvalue weighted by Crippen LogP contribution is -2.16. The average Bonchev–Trinajstić information content (AvgIpc) is 2.54. The molecule has 0 amide bonds. The molecule has 3 rings (SSSR count). The molecule has 0 atom stereocenters. The predicted molar refractivity (Wildman–Crippen MR) is 88.7 cm³/mol. The molecule has 2 heterocycles. The van der Waals surface area contributed by atoms with Gasteiger partial charge in [0.25, 0.3) is 5.56 Å². The van der Waals surface area contributed by atoms with Gasteiger partial charge in [0.05, 0.1) is 16.6 Å². The highest BCUT2D eigenvalue weighted by molar-refractivity contribution is 7.98. The summed E-state index contributed by atoms with van der Waals surface area (Å²) in [6.07, 6.45) is -1.56. The van der Waals surface area contributed by atoms with Crippen molar-refractivity contribution in [2.45, 2.75) is 11.3 Å². The molecule has 0 saturated carbocycles. The van der Waals surface area contributed by atoms with Crippen molar-refractivity contribution in [1.29, 1.82) is 0 Å². The summed E-state index contributed by atoms with van der Waals surface area (Å²) in [6, 6.07) is 8.39. The van der Waals surface area contributed by atoms with Gasteiger partial charge in [-0.05, 0) is 24.5 Å². The van der Waals surface area contributed by atoms with Gasteiger partial charge in [-0.1, -0.05) is 41.6 Å². The van der Waals surface area contributed by atoms with E-state index in [2.05, 4.69) is 4.98 Å². The Balaban J connectivity index is 2.46. The molecule has 0 spiro atoms. The molecule has 0 aliphatic carbocycles. The van der Waals surface area contributed by atoms with Gasteiger partial charge < -0.3 is 0 Å². The van der Waals surface area contributed by atoms with Crippen LogP contribution in [-0.2, 0) is 6.18 Å². The molecule has 3 aromatic rings. The van der Waals surface area contributed by atoms with Gasteiger partial charge >= 0.3 is 6.18 Å². The van der Waals surface area contributed by atoms with Gasteiger partial charge in [0.2, 0.25) is 0 Å². The minimum atomic E-state index is -4.52. The Bertz CT molecular complexity index is 985. The summed E-state index contributed by atoms with van der Waals surface area (Å²) in [6.45, 7) is 0. The zero-order valence-electron chi connectivity index (χ0n) is 12.3. The molecular formula is C16H10ClF3N2OS. The molecule has 24 heavy (non-hydrogen) atoms. The van der Waals surface area contributed by atoms with E-state index in [1.54, 1.807) is 30.5 Å². The molecule has 0 radical (unpaired) electrons. The number of aromatic nitrogens is 2. The fourth-order valence-corrected chi connectivity index (χ4v) is 3.16. The second-order valence-corrected chi connectivity index (χ2v) is 6.11. The summed E-state index contributed by atoms with van der Waals surface area (Å²) in [7, 11) is 0. The first-order valence-electron chi connectivity index (χ1n) is 6.75. The van der Waals surface area contributed by atoms with Gasteiger partial charge in [-0.3, -0.25) is 9.20 Å². The van der Waals surface area contributed by atoms with Crippen molar-refractivity contribution in [3.05, 3.63) is 63.5 Å². The highest BCUT2D eigenvalue weighted by atomic mass is 35.5. The number of hydrogen-bond donors (Lipinski definition) is 0. The fraction of sp³-hybridized carbons (Fsp3) is 0.125. The van der Waals surface area contributed by atoms with Crippen LogP contribution in [-0.4, -0.2) is 15.6 Å². The quantitative estimate of drug-likeness (QED) is 0.482. The maximum absolute atomic E-state index is 13.1. The van der Waals surface area contributed by atoms with Crippen molar-refractivity contribution in [2.75, 3.05) is 6.26 Å².